The van der Waals surface area contributed by atoms with Gasteiger partial charge in [-0.25, -0.2) is 0 Å². The Balaban J connectivity index is 1.03. The third-order valence-corrected chi connectivity index (χ3v) is 10.6. The van der Waals surface area contributed by atoms with Gasteiger partial charge in [-0.05, 0) is 123 Å². The van der Waals surface area contributed by atoms with Crippen LogP contribution in [0.15, 0.2) is 174 Å². The van der Waals surface area contributed by atoms with Crippen LogP contribution in [0.4, 0.5) is 0 Å². The van der Waals surface area contributed by atoms with Crippen molar-refractivity contribution in [3.63, 3.8) is 0 Å². The fourth-order valence-electron chi connectivity index (χ4n) is 8.17. The highest BCUT2D eigenvalue weighted by Gasteiger charge is 2.13. The molecule has 1 heterocycles. The molecule has 10 aromatic carbocycles. The second-order valence-corrected chi connectivity index (χ2v) is 13.3. The SMILES string of the molecule is c1ccc2c(c1)ccc1ccc3cc(-c4ccc5oc6ccc(-c7ccc8c(ccc9ccc%10ccccc%10c98)c7)cc6c5c4)ccc3c12. The van der Waals surface area contributed by atoms with Gasteiger partial charge >= 0.3 is 0 Å². The fourth-order valence-corrected chi connectivity index (χ4v) is 8.17. The van der Waals surface area contributed by atoms with Gasteiger partial charge in [-0.3, -0.25) is 0 Å². The third-order valence-electron chi connectivity index (χ3n) is 10.6. The summed E-state index contributed by atoms with van der Waals surface area (Å²) in [5, 5.41) is 17.7. The van der Waals surface area contributed by atoms with Crippen molar-refractivity contribution in [1.82, 2.24) is 0 Å². The van der Waals surface area contributed by atoms with E-state index in [1.165, 1.54) is 86.9 Å². The fraction of sp³-hybridized carbons (Fsp3) is 0. The summed E-state index contributed by atoms with van der Waals surface area (Å²) in [7, 11) is 0. The Kier molecular flexibility index (Phi) is 5.45. The smallest absolute Gasteiger partial charge is 0.135 e. The van der Waals surface area contributed by atoms with Crippen LogP contribution in [0.25, 0.3) is 109 Å². The van der Waals surface area contributed by atoms with Gasteiger partial charge < -0.3 is 4.42 Å². The van der Waals surface area contributed by atoms with Gasteiger partial charge in [0, 0.05) is 10.8 Å². The van der Waals surface area contributed by atoms with Gasteiger partial charge in [0.25, 0.3) is 0 Å². The Hall–Kier alpha value is -6.44. The van der Waals surface area contributed by atoms with Gasteiger partial charge in [-0.15, -0.1) is 0 Å². The molecule has 0 spiro atoms. The highest BCUT2D eigenvalue weighted by Crippen LogP contribution is 2.39. The van der Waals surface area contributed by atoms with E-state index in [-0.39, 0.29) is 0 Å². The molecule has 0 radical (unpaired) electrons. The van der Waals surface area contributed by atoms with E-state index in [0.29, 0.717) is 0 Å². The second kappa shape index (κ2) is 10.0. The number of rotatable bonds is 2. The lowest BCUT2D eigenvalue weighted by Gasteiger charge is -2.10. The van der Waals surface area contributed by atoms with Crippen molar-refractivity contribution >= 4 is 86.6 Å². The molecule has 1 nitrogen and oxygen atoms in total. The monoisotopic (exact) mass is 620 g/mol. The van der Waals surface area contributed by atoms with Crippen molar-refractivity contribution in [3.8, 4) is 22.3 Å². The first-order chi connectivity index (χ1) is 24.2. The van der Waals surface area contributed by atoms with Crippen LogP contribution in [-0.2, 0) is 0 Å². The predicted octanol–water partition coefficient (Wildman–Crippen LogP) is 13.8. The minimum absolute atomic E-state index is 0.908. The number of furan rings is 1. The number of fused-ring (bicyclic) bond motifs is 13. The molecule has 11 aromatic rings. The van der Waals surface area contributed by atoms with Crippen molar-refractivity contribution in [2.75, 3.05) is 0 Å². The number of hydrogen-bond acceptors (Lipinski definition) is 1. The molecule has 0 amide bonds. The molecule has 0 bridgehead atoms. The molecule has 0 N–H and O–H groups in total. The first-order valence-corrected chi connectivity index (χ1v) is 16.9. The van der Waals surface area contributed by atoms with Crippen LogP contribution < -0.4 is 0 Å². The van der Waals surface area contributed by atoms with Crippen LogP contribution in [0, 0.1) is 0 Å². The Labute approximate surface area is 282 Å². The van der Waals surface area contributed by atoms with Crippen LogP contribution in [0.1, 0.15) is 0 Å². The maximum absolute atomic E-state index is 6.35. The van der Waals surface area contributed by atoms with E-state index in [0.717, 1.165) is 21.9 Å². The van der Waals surface area contributed by atoms with Gasteiger partial charge in [0.2, 0.25) is 0 Å². The molecule has 0 saturated carbocycles. The summed E-state index contributed by atoms with van der Waals surface area (Å²) in [6.45, 7) is 0. The third kappa shape index (κ3) is 4.00. The standard InChI is InChI=1S/C48H28O/c1-3-7-39-29(5-1)9-11-31-13-15-37-25-33(17-21-41(37)47(31)39)35-19-23-45-43(27-35)44-28-36(20-24-46(44)49-45)34-18-22-42-38(26-34)16-14-32-12-10-30-6-2-4-8-40(30)48(32)42/h1-28H. The van der Waals surface area contributed by atoms with Crippen LogP contribution in [0.5, 0.6) is 0 Å². The molecular formula is C48H28O. The normalized spacial score (nSPS) is 12.1. The molecule has 226 valence electrons. The molecule has 0 aliphatic rings. The zero-order valence-electron chi connectivity index (χ0n) is 26.6. The maximum atomic E-state index is 6.35. The van der Waals surface area contributed by atoms with Gasteiger partial charge in [-0.2, -0.15) is 0 Å². The Morgan fingerprint density at radius 3 is 1.10 bits per heavy atom. The summed E-state index contributed by atoms with van der Waals surface area (Å²) in [6.07, 6.45) is 0. The Bertz CT molecular complexity index is 2950. The lowest BCUT2D eigenvalue weighted by molar-refractivity contribution is 0.669. The molecular weight excluding hydrogens is 593 g/mol. The molecule has 0 aliphatic heterocycles. The molecule has 0 unspecified atom stereocenters. The van der Waals surface area contributed by atoms with Crippen molar-refractivity contribution in [3.05, 3.63) is 170 Å². The largest absolute Gasteiger partial charge is 0.456 e. The Morgan fingerprint density at radius 1 is 0.245 bits per heavy atom. The molecule has 1 aromatic heterocycles. The zero-order chi connectivity index (χ0) is 32.1. The summed E-state index contributed by atoms with van der Waals surface area (Å²) in [6, 6.07) is 62.2. The lowest BCUT2D eigenvalue weighted by atomic mass is 9.93. The summed E-state index contributed by atoms with van der Waals surface area (Å²) in [5.74, 6) is 0. The molecule has 11 rings (SSSR count). The average molecular weight is 621 g/mol. The van der Waals surface area contributed by atoms with Crippen molar-refractivity contribution in [1.29, 1.82) is 0 Å². The van der Waals surface area contributed by atoms with E-state index in [2.05, 4.69) is 170 Å². The molecule has 1 heteroatoms. The van der Waals surface area contributed by atoms with Gasteiger partial charge in [0.05, 0.1) is 0 Å². The Morgan fingerprint density at radius 2 is 0.612 bits per heavy atom. The van der Waals surface area contributed by atoms with Crippen molar-refractivity contribution < 1.29 is 4.42 Å². The quantitative estimate of drug-likeness (QED) is 0.175. The molecule has 0 saturated heterocycles. The summed E-state index contributed by atoms with van der Waals surface area (Å²) >= 11 is 0. The van der Waals surface area contributed by atoms with Gasteiger partial charge in [0.15, 0.2) is 0 Å². The van der Waals surface area contributed by atoms with Gasteiger partial charge in [0.1, 0.15) is 11.2 Å². The lowest BCUT2D eigenvalue weighted by Crippen LogP contribution is -1.84. The van der Waals surface area contributed by atoms with E-state index >= 15 is 0 Å². The maximum Gasteiger partial charge on any atom is 0.135 e. The summed E-state index contributed by atoms with van der Waals surface area (Å²) in [5.41, 5.74) is 6.59. The topological polar surface area (TPSA) is 13.1 Å². The second-order valence-electron chi connectivity index (χ2n) is 13.3. The van der Waals surface area contributed by atoms with Crippen molar-refractivity contribution in [2.24, 2.45) is 0 Å². The summed E-state index contributed by atoms with van der Waals surface area (Å²) < 4.78 is 6.35. The highest BCUT2D eigenvalue weighted by atomic mass is 16.3. The zero-order valence-corrected chi connectivity index (χ0v) is 26.6. The van der Waals surface area contributed by atoms with E-state index in [9.17, 15) is 0 Å². The van der Waals surface area contributed by atoms with E-state index in [1.54, 1.807) is 0 Å². The average Bonchev–Trinajstić information content (AvgIpc) is 3.54. The molecule has 49 heavy (non-hydrogen) atoms. The van der Waals surface area contributed by atoms with E-state index in [1.807, 2.05) is 0 Å². The van der Waals surface area contributed by atoms with E-state index < -0.39 is 0 Å². The number of hydrogen-bond donors (Lipinski definition) is 0. The minimum Gasteiger partial charge on any atom is -0.456 e. The first kappa shape index (κ1) is 26.6. The van der Waals surface area contributed by atoms with Crippen molar-refractivity contribution in [2.45, 2.75) is 0 Å². The van der Waals surface area contributed by atoms with Crippen LogP contribution >= 0.6 is 0 Å². The highest BCUT2D eigenvalue weighted by molar-refractivity contribution is 6.22. The molecule has 0 fully saturated rings. The van der Waals surface area contributed by atoms with Crippen LogP contribution in [0.3, 0.4) is 0 Å². The predicted molar refractivity (Wildman–Crippen MR) is 210 cm³/mol. The molecule has 0 atom stereocenters. The minimum atomic E-state index is 0.908. The summed E-state index contributed by atoms with van der Waals surface area (Å²) in [4.78, 5) is 0. The number of benzene rings is 10. The van der Waals surface area contributed by atoms with Crippen LogP contribution in [0.2, 0.25) is 0 Å². The molecule has 0 aliphatic carbocycles. The van der Waals surface area contributed by atoms with E-state index in [4.69, 9.17) is 4.42 Å². The van der Waals surface area contributed by atoms with Gasteiger partial charge in [-0.1, -0.05) is 133 Å². The first-order valence-electron chi connectivity index (χ1n) is 16.9. The van der Waals surface area contributed by atoms with Crippen LogP contribution in [-0.4, -0.2) is 0 Å².